The zero-order valence-electron chi connectivity index (χ0n) is 17.0. The smallest absolute Gasteiger partial charge is 0.366 e. The van der Waals surface area contributed by atoms with Crippen molar-refractivity contribution in [3.8, 4) is 5.69 Å². The predicted molar refractivity (Wildman–Crippen MR) is 109 cm³/mol. The molecule has 0 spiro atoms. The standard InChI is InChI=1S/C21H18F3N5O4/c22-21(23,24)20(32)33-29-9-8-16(19(29)31)26-10-12-4-6-14(7-5-12)28-11-13-2-1-3-15(18(25)30)17(13)27-28/h1-7,11,16,26H,8-10H2,(H2,25,30). The summed E-state index contributed by atoms with van der Waals surface area (Å²) < 4.78 is 38.5. The van der Waals surface area contributed by atoms with Gasteiger partial charge >= 0.3 is 12.1 Å². The Balaban J connectivity index is 1.38. The summed E-state index contributed by atoms with van der Waals surface area (Å²) in [5.74, 6) is -3.74. The van der Waals surface area contributed by atoms with Gasteiger partial charge in [0.25, 0.3) is 11.8 Å². The van der Waals surface area contributed by atoms with E-state index in [1.165, 1.54) is 0 Å². The summed E-state index contributed by atoms with van der Waals surface area (Å²) in [6.45, 7) is 0.141. The molecule has 2 aromatic carbocycles. The molecule has 1 atom stereocenters. The number of rotatable bonds is 6. The Morgan fingerprint density at radius 3 is 2.58 bits per heavy atom. The highest BCUT2D eigenvalue weighted by atomic mass is 19.4. The van der Waals surface area contributed by atoms with Gasteiger partial charge in [-0.2, -0.15) is 23.3 Å². The molecule has 2 amide bonds. The number of fused-ring (bicyclic) bond motifs is 1. The highest BCUT2D eigenvalue weighted by molar-refractivity contribution is 6.04. The van der Waals surface area contributed by atoms with Crippen molar-refractivity contribution in [1.29, 1.82) is 0 Å². The highest BCUT2D eigenvalue weighted by Gasteiger charge is 2.45. The third-order valence-corrected chi connectivity index (χ3v) is 5.14. The molecule has 1 aromatic heterocycles. The Morgan fingerprint density at radius 1 is 1.18 bits per heavy atom. The minimum absolute atomic E-state index is 0.128. The molecule has 9 nitrogen and oxygen atoms in total. The van der Waals surface area contributed by atoms with Crippen molar-refractivity contribution >= 4 is 28.7 Å². The maximum Gasteiger partial charge on any atom is 0.493 e. The third kappa shape index (κ3) is 4.65. The minimum Gasteiger partial charge on any atom is -0.366 e. The van der Waals surface area contributed by atoms with E-state index >= 15 is 0 Å². The van der Waals surface area contributed by atoms with Gasteiger partial charge in [-0.25, -0.2) is 9.48 Å². The molecule has 1 saturated heterocycles. The van der Waals surface area contributed by atoms with Gasteiger partial charge in [0.1, 0.15) is 5.52 Å². The van der Waals surface area contributed by atoms with Crippen molar-refractivity contribution in [2.45, 2.75) is 25.2 Å². The topological polar surface area (TPSA) is 120 Å². The molecule has 1 unspecified atom stereocenters. The number of primary amides is 1. The average Bonchev–Trinajstić information content (AvgIpc) is 3.35. The van der Waals surface area contributed by atoms with Crippen LogP contribution >= 0.6 is 0 Å². The van der Waals surface area contributed by atoms with Crippen molar-refractivity contribution < 1.29 is 32.4 Å². The monoisotopic (exact) mass is 461 g/mol. The van der Waals surface area contributed by atoms with Crippen LogP contribution in [-0.2, 0) is 21.0 Å². The number of alkyl halides is 3. The van der Waals surface area contributed by atoms with E-state index in [0.29, 0.717) is 16.1 Å². The van der Waals surface area contributed by atoms with Gasteiger partial charge in [-0.05, 0) is 30.2 Å². The zero-order chi connectivity index (χ0) is 23.8. The van der Waals surface area contributed by atoms with E-state index < -0.39 is 30.0 Å². The number of nitrogens with two attached hydrogens (primary N) is 1. The Bertz CT molecular complexity index is 1220. The summed E-state index contributed by atoms with van der Waals surface area (Å²) in [7, 11) is 0. The summed E-state index contributed by atoms with van der Waals surface area (Å²) in [6, 6.07) is 11.5. The van der Waals surface area contributed by atoms with E-state index in [4.69, 9.17) is 5.73 Å². The highest BCUT2D eigenvalue weighted by Crippen LogP contribution is 2.21. The number of nitrogens with zero attached hydrogens (tertiary/aromatic N) is 3. The van der Waals surface area contributed by atoms with Crippen molar-refractivity contribution in [2.75, 3.05) is 6.54 Å². The molecule has 3 aromatic rings. The first-order valence-corrected chi connectivity index (χ1v) is 9.85. The Morgan fingerprint density at radius 2 is 1.91 bits per heavy atom. The maximum absolute atomic E-state index is 12.3. The SMILES string of the molecule is NC(=O)c1cccc2cn(-c3ccc(CNC4CCN(OC(=O)C(F)(F)F)C4=O)cc3)nc12. The second-order valence-electron chi connectivity index (χ2n) is 7.39. The molecule has 2 heterocycles. The van der Waals surface area contributed by atoms with Gasteiger partial charge in [-0.3, -0.25) is 9.59 Å². The molecular formula is C21H18F3N5O4. The summed E-state index contributed by atoms with van der Waals surface area (Å²) in [5, 5.41) is 8.57. The fourth-order valence-electron chi connectivity index (χ4n) is 3.47. The van der Waals surface area contributed by atoms with Crippen LogP contribution in [0.1, 0.15) is 22.3 Å². The number of carbonyl (C=O) groups excluding carboxylic acids is 3. The van der Waals surface area contributed by atoms with Crippen molar-refractivity contribution in [3.63, 3.8) is 0 Å². The van der Waals surface area contributed by atoms with Gasteiger partial charge in [0.05, 0.1) is 23.8 Å². The Hall–Kier alpha value is -3.93. The summed E-state index contributed by atoms with van der Waals surface area (Å²) in [4.78, 5) is 38.8. The van der Waals surface area contributed by atoms with Gasteiger partial charge < -0.3 is 15.9 Å². The summed E-state index contributed by atoms with van der Waals surface area (Å²) >= 11 is 0. The number of amides is 2. The third-order valence-electron chi connectivity index (χ3n) is 5.14. The maximum atomic E-state index is 12.3. The number of aromatic nitrogens is 2. The number of hydrogen-bond donors (Lipinski definition) is 2. The molecule has 0 bridgehead atoms. The van der Waals surface area contributed by atoms with Gasteiger partial charge in [0.15, 0.2) is 0 Å². The quantitative estimate of drug-likeness (QED) is 0.578. The lowest BCUT2D eigenvalue weighted by molar-refractivity contribution is -0.234. The lowest BCUT2D eigenvalue weighted by Crippen LogP contribution is -2.41. The molecule has 1 aliphatic heterocycles. The number of carbonyl (C=O) groups is 3. The average molecular weight is 461 g/mol. The van der Waals surface area contributed by atoms with Crippen LogP contribution in [0.2, 0.25) is 0 Å². The van der Waals surface area contributed by atoms with Gasteiger partial charge in [-0.1, -0.05) is 24.3 Å². The summed E-state index contributed by atoms with van der Waals surface area (Å²) in [5.41, 5.74) is 7.75. The van der Waals surface area contributed by atoms with Gasteiger partial charge in [-0.15, -0.1) is 0 Å². The fraction of sp³-hybridized carbons (Fsp3) is 0.238. The first-order valence-electron chi connectivity index (χ1n) is 9.85. The number of hydrogen-bond acceptors (Lipinski definition) is 6. The second-order valence-corrected chi connectivity index (χ2v) is 7.39. The number of nitrogens with one attached hydrogen (secondary N) is 1. The number of halogens is 3. The molecule has 33 heavy (non-hydrogen) atoms. The van der Waals surface area contributed by atoms with E-state index in [0.717, 1.165) is 16.6 Å². The molecule has 12 heteroatoms. The minimum atomic E-state index is -5.17. The van der Waals surface area contributed by atoms with Crippen LogP contribution in [0.25, 0.3) is 16.6 Å². The van der Waals surface area contributed by atoms with Crippen molar-refractivity contribution in [3.05, 3.63) is 59.8 Å². The van der Waals surface area contributed by atoms with Crippen LogP contribution in [-0.4, -0.2) is 51.4 Å². The van der Waals surface area contributed by atoms with E-state index in [9.17, 15) is 27.6 Å². The van der Waals surface area contributed by atoms with Crippen LogP contribution in [0, 0.1) is 0 Å². The van der Waals surface area contributed by atoms with Crippen molar-refractivity contribution in [1.82, 2.24) is 20.2 Å². The largest absolute Gasteiger partial charge is 0.493 e. The van der Waals surface area contributed by atoms with Crippen LogP contribution < -0.4 is 11.1 Å². The van der Waals surface area contributed by atoms with Gasteiger partial charge in [0.2, 0.25) is 0 Å². The normalized spacial score (nSPS) is 16.4. The first-order chi connectivity index (χ1) is 15.6. The molecule has 3 N–H and O–H groups in total. The van der Waals surface area contributed by atoms with Crippen LogP contribution in [0.3, 0.4) is 0 Å². The Kier molecular flexibility index (Phi) is 5.77. The molecule has 0 radical (unpaired) electrons. The van der Waals surface area contributed by atoms with Gasteiger partial charge in [0, 0.05) is 18.1 Å². The summed E-state index contributed by atoms with van der Waals surface area (Å²) in [6.07, 6.45) is -3.21. The van der Waals surface area contributed by atoms with Crippen molar-refractivity contribution in [2.24, 2.45) is 5.73 Å². The van der Waals surface area contributed by atoms with Crippen LogP contribution in [0.4, 0.5) is 13.2 Å². The number of hydroxylamine groups is 2. The molecule has 0 saturated carbocycles. The van der Waals surface area contributed by atoms with E-state index in [1.54, 1.807) is 47.3 Å². The number of benzene rings is 2. The lowest BCUT2D eigenvalue weighted by atomic mass is 10.1. The molecule has 4 rings (SSSR count). The molecule has 1 fully saturated rings. The fourth-order valence-corrected chi connectivity index (χ4v) is 3.47. The first kappa shape index (κ1) is 22.3. The zero-order valence-corrected chi connectivity index (χ0v) is 17.0. The van der Waals surface area contributed by atoms with Crippen LogP contribution in [0.15, 0.2) is 48.7 Å². The molecule has 0 aliphatic carbocycles. The lowest BCUT2D eigenvalue weighted by Gasteiger charge is -2.17. The van der Waals surface area contributed by atoms with E-state index in [2.05, 4.69) is 15.3 Å². The molecular weight excluding hydrogens is 443 g/mol. The molecule has 1 aliphatic rings. The predicted octanol–water partition coefficient (Wildman–Crippen LogP) is 1.84. The second kappa shape index (κ2) is 8.54. The van der Waals surface area contributed by atoms with Crippen LogP contribution in [0.5, 0.6) is 0 Å². The van der Waals surface area contributed by atoms with E-state index in [-0.39, 0.29) is 19.5 Å². The molecule has 172 valence electrons. The Labute approximate surface area is 184 Å². The van der Waals surface area contributed by atoms with E-state index in [1.807, 2.05) is 6.07 Å².